The Morgan fingerprint density at radius 2 is 1.95 bits per heavy atom. The molecule has 0 fully saturated rings. The first-order valence-electron chi connectivity index (χ1n) is 7.99. The molecule has 0 amide bonds. The third-order valence-corrected chi connectivity index (χ3v) is 5.14. The van der Waals surface area contributed by atoms with E-state index in [1.165, 1.54) is 30.6 Å². The lowest BCUT2D eigenvalue weighted by atomic mass is 9.91. The minimum atomic E-state index is -0.0836. The van der Waals surface area contributed by atoms with E-state index in [0.717, 1.165) is 22.4 Å². The summed E-state index contributed by atoms with van der Waals surface area (Å²) in [6.07, 6.45) is 5.93. The lowest BCUT2D eigenvalue weighted by Gasteiger charge is -2.15. The average molecular weight is 304 g/mol. The molecule has 1 unspecified atom stereocenters. The Balaban J connectivity index is 2.11. The minimum Gasteiger partial charge on any atom is -0.206 e. The third-order valence-electron chi connectivity index (χ3n) is 4.11. The Bertz CT molecular complexity index is 571. The molecule has 1 aromatic carbocycles. The van der Waals surface area contributed by atoms with Crippen molar-refractivity contribution in [3.8, 4) is 10.4 Å². The van der Waals surface area contributed by atoms with Crippen molar-refractivity contribution in [1.82, 2.24) is 0 Å². The number of halogens is 1. The molecular weight excluding hydrogens is 279 g/mol. The van der Waals surface area contributed by atoms with Gasteiger partial charge in [0.15, 0.2) is 0 Å². The zero-order chi connectivity index (χ0) is 15.2. The average Bonchev–Trinajstić information content (AvgIpc) is 2.90. The second-order valence-corrected chi connectivity index (χ2v) is 7.13. The van der Waals surface area contributed by atoms with Crippen molar-refractivity contribution in [3.63, 3.8) is 0 Å². The van der Waals surface area contributed by atoms with Gasteiger partial charge in [0, 0.05) is 15.3 Å². The van der Waals surface area contributed by atoms with Gasteiger partial charge in [0.05, 0.1) is 0 Å². The molecule has 2 aromatic rings. The highest BCUT2D eigenvalue weighted by atomic mass is 32.1. The molecule has 114 valence electrons. The molecule has 0 nitrogen and oxygen atoms in total. The number of hydrogen-bond donors (Lipinski definition) is 0. The molecule has 1 heterocycles. The summed E-state index contributed by atoms with van der Waals surface area (Å²) < 4.78 is 14.4. The summed E-state index contributed by atoms with van der Waals surface area (Å²) in [5, 5.41) is 0. The van der Waals surface area contributed by atoms with Gasteiger partial charge < -0.3 is 0 Å². The van der Waals surface area contributed by atoms with Crippen molar-refractivity contribution in [3.05, 3.63) is 46.6 Å². The van der Waals surface area contributed by atoms with E-state index in [-0.39, 0.29) is 5.82 Å². The molecule has 0 radical (unpaired) electrons. The lowest BCUT2D eigenvalue weighted by Crippen LogP contribution is -2.03. The first kappa shape index (κ1) is 16.2. The molecule has 0 bridgehead atoms. The molecular formula is C19H25FS. The molecule has 1 aromatic heterocycles. The van der Waals surface area contributed by atoms with Crippen LogP contribution < -0.4 is 0 Å². The molecule has 0 aliphatic carbocycles. The van der Waals surface area contributed by atoms with E-state index < -0.39 is 0 Å². The Hall–Kier alpha value is -1.15. The normalized spacial score (nSPS) is 12.6. The first-order chi connectivity index (χ1) is 10.1. The van der Waals surface area contributed by atoms with Crippen molar-refractivity contribution in [2.24, 2.45) is 5.92 Å². The summed E-state index contributed by atoms with van der Waals surface area (Å²) in [4.78, 5) is 2.24. The summed E-state index contributed by atoms with van der Waals surface area (Å²) in [6.45, 7) is 6.52. The van der Waals surface area contributed by atoms with Gasteiger partial charge >= 0.3 is 0 Å². The predicted molar refractivity (Wildman–Crippen MR) is 91.5 cm³/mol. The van der Waals surface area contributed by atoms with E-state index >= 15 is 0 Å². The fourth-order valence-electron chi connectivity index (χ4n) is 2.74. The zero-order valence-corrected chi connectivity index (χ0v) is 14.1. The molecule has 0 N–H and O–H groups in total. The van der Waals surface area contributed by atoms with Gasteiger partial charge in [-0.3, -0.25) is 0 Å². The highest BCUT2D eigenvalue weighted by Gasteiger charge is 2.11. The molecule has 0 saturated heterocycles. The minimum absolute atomic E-state index is 0.0836. The van der Waals surface area contributed by atoms with Gasteiger partial charge in [0.2, 0.25) is 0 Å². The van der Waals surface area contributed by atoms with Gasteiger partial charge in [-0.05, 0) is 43.0 Å². The fourth-order valence-corrected chi connectivity index (χ4v) is 3.64. The van der Waals surface area contributed by atoms with Crippen LogP contribution in [0.2, 0.25) is 0 Å². The maximum atomic E-state index is 14.4. The van der Waals surface area contributed by atoms with Crippen molar-refractivity contribution in [1.29, 1.82) is 0 Å². The molecule has 0 aliphatic heterocycles. The monoisotopic (exact) mass is 304 g/mol. The van der Waals surface area contributed by atoms with E-state index in [1.54, 1.807) is 17.4 Å². The lowest BCUT2D eigenvalue weighted by molar-refractivity contribution is 0.448. The van der Waals surface area contributed by atoms with Gasteiger partial charge in [-0.25, -0.2) is 4.39 Å². The summed E-state index contributed by atoms with van der Waals surface area (Å²) in [6, 6.07) is 9.84. The van der Waals surface area contributed by atoms with Gasteiger partial charge in [-0.2, -0.15) is 0 Å². The van der Waals surface area contributed by atoms with Crippen LogP contribution in [-0.4, -0.2) is 0 Å². The van der Waals surface area contributed by atoms with Gasteiger partial charge in [-0.1, -0.05) is 51.7 Å². The van der Waals surface area contributed by atoms with Crippen molar-refractivity contribution < 1.29 is 4.39 Å². The summed E-state index contributed by atoms with van der Waals surface area (Å²) in [7, 11) is 0. The molecule has 0 aliphatic rings. The maximum absolute atomic E-state index is 14.4. The van der Waals surface area contributed by atoms with Crippen LogP contribution in [0.25, 0.3) is 10.4 Å². The molecule has 21 heavy (non-hydrogen) atoms. The number of benzene rings is 1. The summed E-state index contributed by atoms with van der Waals surface area (Å²) in [5.41, 5.74) is 1.87. The largest absolute Gasteiger partial charge is 0.206 e. The Morgan fingerprint density at radius 1 is 1.14 bits per heavy atom. The topological polar surface area (TPSA) is 0 Å². The van der Waals surface area contributed by atoms with Crippen LogP contribution in [0.1, 0.15) is 50.0 Å². The second-order valence-electron chi connectivity index (χ2n) is 5.85. The van der Waals surface area contributed by atoms with Crippen LogP contribution >= 0.6 is 11.3 Å². The number of aryl methyl sites for hydroxylation is 1. The molecule has 1 atom stereocenters. The van der Waals surface area contributed by atoms with Crippen LogP contribution in [0.4, 0.5) is 4.39 Å². The fraction of sp³-hybridized carbons (Fsp3) is 0.474. The number of unbranched alkanes of at least 4 members (excludes halogenated alkanes) is 1. The standard InChI is InChI=1S/C19H25FS/c1-4-6-7-15(5-2)12-16-9-10-17(18(20)13-16)19-11-8-14(3)21-19/h8-11,13,15H,4-7,12H2,1-3H3. The molecule has 2 heteroatoms. The molecule has 2 rings (SSSR count). The van der Waals surface area contributed by atoms with E-state index in [2.05, 4.69) is 26.8 Å². The third kappa shape index (κ3) is 4.41. The van der Waals surface area contributed by atoms with E-state index in [0.29, 0.717) is 5.92 Å². The number of rotatable bonds is 7. The number of thiophene rings is 1. The molecule has 0 spiro atoms. The highest BCUT2D eigenvalue weighted by Crippen LogP contribution is 2.31. The SMILES string of the molecule is CCCCC(CC)Cc1ccc(-c2ccc(C)s2)c(F)c1. The van der Waals surface area contributed by atoms with Gasteiger partial charge in [0.1, 0.15) is 5.82 Å². The predicted octanol–water partition coefficient (Wildman–Crippen LogP) is 6.62. The van der Waals surface area contributed by atoms with Crippen molar-refractivity contribution >= 4 is 11.3 Å². The number of hydrogen-bond acceptors (Lipinski definition) is 1. The van der Waals surface area contributed by atoms with Crippen molar-refractivity contribution in [2.75, 3.05) is 0 Å². The Kier molecular flexibility index (Phi) is 5.98. The second kappa shape index (κ2) is 7.74. The smallest absolute Gasteiger partial charge is 0.132 e. The van der Waals surface area contributed by atoms with Crippen LogP contribution in [0.15, 0.2) is 30.3 Å². The van der Waals surface area contributed by atoms with E-state index in [4.69, 9.17) is 0 Å². The zero-order valence-electron chi connectivity index (χ0n) is 13.3. The van der Waals surface area contributed by atoms with Gasteiger partial charge in [0.25, 0.3) is 0 Å². The van der Waals surface area contributed by atoms with Crippen LogP contribution in [0, 0.1) is 18.7 Å². The highest BCUT2D eigenvalue weighted by molar-refractivity contribution is 7.15. The van der Waals surface area contributed by atoms with Crippen LogP contribution in [-0.2, 0) is 6.42 Å². The van der Waals surface area contributed by atoms with Crippen LogP contribution in [0.3, 0.4) is 0 Å². The Labute approximate surface area is 132 Å². The van der Waals surface area contributed by atoms with Crippen molar-refractivity contribution in [2.45, 2.75) is 52.9 Å². The first-order valence-corrected chi connectivity index (χ1v) is 8.80. The van der Waals surface area contributed by atoms with E-state index in [9.17, 15) is 4.39 Å². The van der Waals surface area contributed by atoms with E-state index in [1.807, 2.05) is 18.2 Å². The van der Waals surface area contributed by atoms with Gasteiger partial charge in [-0.15, -0.1) is 11.3 Å². The Morgan fingerprint density at radius 3 is 2.52 bits per heavy atom. The molecule has 0 saturated carbocycles. The maximum Gasteiger partial charge on any atom is 0.132 e. The van der Waals surface area contributed by atoms with Crippen LogP contribution in [0.5, 0.6) is 0 Å². The summed E-state index contributed by atoms with van der Waals surface area (Å²) >= 11 is 1.65. The quantitative estimate of drug-likeness (QED) is 0.539. The summed E-state index contributed by atoms with van der Waals surface area (Å²) in [5.74, 6) is 0.596.